The smallest absolute Gasteiger partial charge is 0.180 e. The van der Waals surface area contributed by atoms with E-state index in [1.165, 1.54) is 0 Å². The van der Waals surface area contributed by atoms with Crippen LogP contribution in [-0.4, -0.2) is 23.1 Å². The summed E-state index contributed by atoms with van der Waals surface area (Å²) in [7, 11) is -4.61. The maximum absolute atomic E-state index is 11.4. The molecule has 4 nitrogen and oxygen atoms in total. The van der Waals surface area contributed by atoms with E-state index in [9.17, 15) is 12.6 Å². The van der Waals surface area contributed by atoms with E-state index < -0.39 is 31.6 Å². The molecule has 6 heteroatoms. The predicted octanol–water partition coefficient (Wildman–Crippen LogP) is -0.00220. The van der Waals surface area contributed by atoms with Crippen LogP contribution in [0.5, 0.6) is 0 Å². The van der Waals surface area contributed by atoms with Crippen LogP contribution in [0.25, 0.3) is 0 Å². The van der Waals surface area contributed by atoms with Gasteiger partial charge in [-0.1, -0.05) is 20.8 Å². The van der Waals surface area contributed by atoms with Crippen LogP contribution in [0.4, 0.5) is 0 Å². The zero-order valence-corrected chi connectivity index (χ0v) is 8.96. The fourth-order valence-electron chi connectivity index (χ4n) is 1.16. The molecule has 1 rings (SSSR count). The van der Waals surface area contributed by atoms with Crippen molar-refractivity contribution in [3.8, 4) is 0 Å². The molecule has 1 saturated heterocycles. The van der Waals surface area contributed by atoms with Crippen molar-refractivity contribution in [2.75, 3.05) is 5.08 Å². The Morgan fingerprint density at radius 2 is 1.92 bits per heavy atom. The van der Waals surface area contributed by atoms with Crippen LogP contribution in [0.2, 0.25) is 0 Å². The van der Waals surface area contributed by atoms with Crippen LogP contribution < -0.4 is 4.72 Å². The summed E-state index contributed by atoms with van der Waals surface area (Å²) in [6.07, 6.45) is 0. The third-order valence-electron chi connectivity index (χ3n) is 1.66. The molecule has 1 fully saturated rings. The molecule has 72 valence electrons. The third-order valence-corrected chi connectivity index (χ3v) is 6.02. The van der Waals surface area contributed by atoms with Crippen molar-refractivity contribution in [1.29, 1.82) is 0 Å². The second-order valence-corrected chi connectivity index (χ2v) is 7.66. The van der Waals surface area contributed by atoms with Gasteiger partial charge in [0.1, 0.15) is 21.4 Å². The van der Waals surface area contributed by atoms with Crippen molar-refractivity contribution in [2.24, 2.45) is 5.41 Å². The molecule has 12 heavy (non-hydrogen) atoms. The first-order chi connectivity index (χ1) is 5.23. The zero-order chi connectivity index (χ0) is 9.57. The number of sulfone groups is 1. The highest BCUT2D eigenvalue weighted by atomic mass is 32.3. The average molecular weight is 211 g/mol. The van der Waals surface area contributed by atoms with Gasteiger partial charge in [0.25, 0.3) is 0 Å². The van der Waals surface area contributed by atoms with Crippen molar-refractivity contribution in [1.82, 2.24) is 4.72 Å². The van der Waals surface area contributed by atoms with Gasteiger partial charge in [-0.15, -0.1) is 0 Å². The first-order valence-electron chi connectivity index (χ1n) is 3.59. The molecule has 1 aliphatic rings. The van der Waals surface area contributed by atoms with Gasteiger partial charge in [0.2, 0.25) is 0 Å². The summed E-state index contributed by atoms with van der Waals surface area (Å²) in [6.45, 7) is 5.43. The van der Waals surface area contributed by atoms with E-state index in [0.717, 1.165) is 0 Å². The first kappa shape index (κ1) is 10.1. The average Bonchev–Trinajstić information content (AvgIpc) is 2.02. The van der Waals surface area contributed by atoms with E-state index >= 15 is 0 Å². The Kier molecular flexibility index (Phi) is 2.35. The molecular weight excluding hydrogens is 198 g/mol. The normalized spacial score (nSPS) is 35.2. The Morgan fingerprint density at radius 1 is 1.42 bits per heavy atom. The molecule has 1 heterocycles. The van der Waals surface area contributed by atoms with E-state index in [4.69, 9.17) is 0 Å². The standard InChI is InChI=1S/C6H13NO3S2/c1-6(2,3)5-7-11(8)4-12(5,9)10/h5,7H,4H2,1-3H3. The topological polar surface area (TPSA) is 63.2 Å². The van der Waals surface area contributed by atoms with Crippen molar-refractivity contribution >= 4 is 20.8 Å². The summed E-state index contributed by atoms with van der Waals surface area (Å²) >= 11 is 0. The lowest BCUT2D eigenvalue weighted by atomic mass is 9.97. The summed E-state index contributed by atoms with van der Waals surface area (Å²) in [5.74, 6) is 0. The fourth-order valence-corrected chi connectivity index (χ4v) is 5.75. The lowest BCUT2D eigenvalue weighted by molar-refractivity contribution is 0.371. The molecule has 0 aromatic heterocycles. The minimum absolute atomic E-state index is 0.255. The van der Waals surface area contributed by atoms with Crippen molar-refractivity contribution in [3.63, 3.8) is 0 Å². The molecule has 0 spiro atoms. The number of rotatable bonds is 0. The van der Waals surface area contributed by atoms with Gasteiger partial charge in [0.05, 0.1) is 0 Å². The van der Waals surface area contributed by atoms with E-state index in [1.54, 1.807) is 0 Å². The van der Waals surface area contributed by atoms with Gasteiger partial charge in [-0.25, -0.2) is 17.3 Å². The van der Waals surface area contributed by atoms with E-state index in [0.29, 0.717) is 0 Å². The number of hydrogen-bond acceptors (Lipinski definition) is 3. The zero-order valence-electron chi connectivity index (χ0n) is 7.33. The molecule has 0 aromatic carbocycles. The highest BCUT2D eigenvalue weighted by Crippen LogP contribution is 2.28. The monoisotopic (exact) mass is 211 g/mol. The molecule has 2 unspecified atom stereocenters. The van der Waals surface area contributed by atoms with E-state index in [1.807, 2.05) is 20.8 Å². The summed E-state index contributed by atoms with van der Waals surface area (Å²) < 4.78 is 36.2. The van der Waals surface area contributed by atoms with E-state index in [2.05, 4.69) is 4.72 Å². The van der Waals surface area contributed by atoms with Crippen LogP contribution in [0.15, 0.2) is 0 Å². The maximum Gasteiger partial charge on any atom is 0.180 e. The van der Waals surface area contributed by atoms with Crippen LogP contribution in [0, 0.1) is 5.41 Å². The Labute approximate surface area is 75.2 Å². The quantitative estimate of drug-likeness (QED) is 0.613. The van der Waals surface area contributed by atoms with E-state index in [-0.39, 0.29) is 5.08 Å². The Morgan fingerprint density at radius 3 is 2.08 bits per heavy atom. The number of hydrogen-bond donors (Lipinski definition) is 1. The van der Waals surface area contributed by atoms with Crippen molar-refractivity contribution in [3.05, 3.63) is 0 Å². The molecule has 0 aliphatic carbocycles. The molecule has 0 aromatic rings. The second-order valence-electron chi connectivity index (χ2n) is 3.99. The summed E-state index contributed by atoms with van der Waals surface area (Å²) in [5, 5.41) is -0.930. The largest absolute Gasteiger partial charge is 0.242 e. The molecule has 0 bridgehead atoms. The molecular formula is C6H13NO3S2. The van der Waals surface area contributed by atoms with Gasteiger partial charge < -0.3 is 0 Å². The van der Waals surface area contributed by atoms with Gasteiger partial charge >= 0.3 is 0 Å². The predicted molar refractivity (Wildman–Crippen MR) is 48.3 cm³/mol. The molecule has 0 radical (unpaired) electrons. The van der Waals surface area contributed by atoms with Crippen molar-refractivity contribution in [2.45, 2.75) is 26.1 Å². The second kappa shape index (κ2) is 2.78. The Hall–Kier alpha value is 0.0600. The Balaban J connectivity index is 3.02. The van der Waals surface area contributed by atoms with Crippen LogP contribution in [-0.2, 0) is 20.8 Å². The summed E-state index contributed by atoms with van der Waals surface area (Å²) in [4.78, 5) is 0. The van der Waals surface area contributed by atoms with Gasteiger partial charge in [-0.3, -0.25) is 0 Å². The highest BCUT2D eigenvalue weighted by molar-refractivity contribution is 8.07. The van der Waals surface area contributed by atoms with Gasteiger partial charge in [-0.2, -0.15) is 0 Å². The lowest BCUT2D eigenvalue weighted by Crippen LogP contribution is -2.39. The number of nitrogens with one attached hydrogen (secondary N) is 1. The first-order valence-corrected chi connectivity index (χ1v) is 6.63. The highest BCUT2D eigenvalue weighted by Gasteiger charge is 2.43. The molecule has 0 amide bonds. The third kappa shape index (κ3) is 1.86. The molecule has 1 N–H and O–H groups in total. The van der Waals surface area contributed by atoms with Gasteiger partial charge in [0, 0.05) is 0 Å². The van der Waals surface area contributed by atoms with Crippen LogP contribution >= 0.6 is 0 Å². The maximum atomic E-state index is 11.4. The molecule has 1 aliphatic heterocycles. The summed E-state index contributed by atoms with van der Waals surface area (Å²) in [6, 6.07) is 0. The molecule has 2 atom stereocenters. The van der Waals surface area contributed by atoms with Crippen LogP contribution in [0.1, 0.15) is 20.8 Å². The van der Waals surface area contributed by atoms with Gasteiger partial charge in [-0.05, 0) is 5.41 Å². The van der Waals surface area contributed by atoms with Crippen LogP contribution in [0.3, 0.4) is 0 Å². The molecule has 0 saturated carbocycles. The minimum atomic E-state index is -3.21. The summed E-state index contributed by atoms with van der Waals surface area (Å²) in [5.41, 5.74) is -0.398. The fraction of sp³-hybridized carbons (Fsp3) is 1.00. The minimum Gasteiger partial charge on any atom is -0.242 e. The SMILES string of the molecule is CC(C)(C)C1NS(=O)CS1(=O)=O. The Bertz CT molecular complexity index is 301. The van der Waals surface area contributed by atoms with Crippen molar-refractivity contribution < 1.29 is 12.6 Å². The lowest BCUT2D eigenvalue weighted by Gasteiger charge is -2.24. The van der Waals surface area contributed by atoms with Gasteiger partial charge in [0.15, 0.2) is 9.84 Å².